The van der Waals surface area contributed by atoms with Crippen molar-refractivity contribution in [3.8, 4) is 0 Å². The molecule has 1 aromatic carbocycles. The van der Waals surface area contributed by atoms with Gasteiger partial charge in [0.1, 0.15) is 0 Å². The molecule has 0 saturated heterocycles. The smallest absolute Gasteiger partial charge is 0.269 e. The number of guanidine groups is 1. The van der Waals surface area contributed by atoms with E-state index < -0.39 is 4.92 Å². The number of unbranched alkanes of at least 4 members (excludes halogenated alkanes) is 1. The largest absolute Gasteiger partial charge is 0.357 e. The Morgan fingerprint density at radius 2 is 1.90 bits per heavy atom. The molecule has 0 amide bonds. The first-order valence-corrected chi connectivity index (χ1v) is 6.92. The van der Waals surface area contributed by atoms with Crippen molar-refractivity contribution in [3.63, 3.8) is 0 Å². The van der Waals surface area contributed by atoms with Gasteiger partial charge >= 0.3 is 0 Å². The van der Waals surface area contributed by atoms with Crippen LogP contribution in [-0.4, -0.2) is 24.0 Å². The Morgan fingerprint density at radius 3 is 2.43 bits per heavy atom. The molecule has 0 unspecified atom stereocenters. The summed E-state index contributed by atoms with van der Waals surface area (Å²) in [5, 5.41) is 17.0. The molecule has 0 spiro atoms. The lowest BCUT2D eigenvalue weighted by molar-refractivity contribution is -0.384. The first kappa shape index (κ1) is 19.6. The second-order valence-electron chi connectivity index (χ2n) is 4.40. The summed E-state index contributed by atoms with van der Waals surface area (Å²) in [5.41, 5.74) is 1.05. The van der Waals surface area contributed by atoms with Gasteiger partial charge in [0.2, 0.25) is 0 Å². The SMILES string of the molecule is CCCCNC(=NCc1ccc([N+](=O)[O-])cc1)NCC.I. The fraction of sp³-hybridized carbons (Fsp3) is 0.500. The Hall–Kier alpha value is -1.38. The minimum atomic E-state index is -0.399. The number of nitrogens with zero attached hydrogens (tertiary/aromatic N) is 2. The molecule has 0 aliphatic heterocycles. The number of halogens is 1. The summed E-state index contributed by atoms with van der Waals surface area (Å²) in [6, 6.07) is 6.47. The molecule has 0 fully saturated rings. The zero-order valence-electron chi connectivity index (χ0n) is 12.5. The van der Waals surface area contributed by atoms with Gasteiger partial charge in [-0.3, -0.25) is 10.1 Å². The highest BCUT2D eigenvalue weighted by atomic mass is 127. The molecule has 0 aliphatic carbocycles. The van der Waals surface area contributed by atoms with Crippen molar-refractivity contribution < 1.29 is 4.92 Å². The normalized spacial score (nSPS) is 10.7. The number of aliphatic imine (C=N–C) groups is 1. The molecule has 1 rings (SSSR count). The highest BCUT2D eigenvalue weighted by molar-refractivity contribution is 14.0. The molecule has 1 aromatic rings. The molecule has 0 aromatic heterocycles. The summed E-state index contributed by atoms with van der Waals surface area (Å²) in [6.07, 6.45) is 2.23. The molecule has 0 radical (unpaired) electrons. The molecule has 0 aliphatic rings. The van der Waals surface area contributed by atoms with E-state index in [0.29, 0.717) is 6.54 Å². The molecule has 118 valence electrons. The molecule has 2 N–H and O–H groups in total. The van der Waals surface area contributed by atoms with Gasteiger partial charge in [0.25, 0.3) is 5.69 Å². The standard InChI is InChI=1S/C14H22N4O2.HI/c1-3-5-10-16-14(15-4-2)17-11-12-6-8-13(9-7-12)18(19)20;/h6-9H,3-5,10-11H2,1-2H3,(H2,15,16,17);1H. The molecule has 21 heavy (non-hydrogen) atoms. The monoisotopic (exact) mass is 406 g/mol. The summed E-state index contributed by atoms with van der Waals surface area (Å²) in [5.74, 6) is 0.777. The zero-order chi connectivity index (χ0) is 14.8. The predicted octanol–water partition coefficient (Wildman–Crippen LogP) is 3.07. The average molecular weight is 406 g/mol. The van der Waals surface area contributed by atoms with E-state index in [9.17, 15) is 10.1 Å². The maximum absolute atomic E-state index is 10.6. The highest BCUT2D eigenvalue weighted by Gasteiger charge is 2.03. The number of nitro groups is 1. The van der Waals surface area contributed by atoms with Crippen molar-refractivity contribution in [2.75, 3.05) is 13.1 Å². The number of hydrogen-bond acceptors (Lipinski definition) is 3. The third kappa shape index (κ3) is 7.84. The molecule has 0 atom stereocenters. The van der Waals surface area contributed by atoms with Gasteiger partial charge in [-0.05, 0) is 18.9 Å². The van der Waals surface area contributed by atoms with Gasteiger partial charge in [-0.15, -0.1) is 24.0 Å². The van der Waals surface area contributed by atoms with Crippen LogP contribution in [0.15, 0.2) is 29.3 Å². The second-order valence-corrected chi connectivity index (χ2v) is 4.40. The fourth-order valence-corrected chi connectivity index (χ4v) is 1.62. The first-order valence-electron chi connectivity index (χ1n) is 6.92. The van der Waals surface area contributed by atoms with Gasteiger partial charge in [0.05, 0.1) is 11.5 Å². The number of nitro benzene ring substituents is 1. The van der Waals surface area contributed by atoms with E-state index in [-0.39, 0.29) is 29.7 Å². The van der Waals surface area contributed by atoms with Crippen LogP contribution in [0.1, 0.15) is 32.3 Å². The van der Waals surface area contributed by atoms with E-state index in [1.54, 1.807) is 12.1 Å². The van der Waals surface area contributed by atoms with Gasteiger partial charge < -0.3 is 10.6 Å². The van der Waals surface area contributed by atoms with E-state index >= 15 is 0 Å². The van der Waals surface area contributed by atoms with Crippen LogP contribution < -0.4 is 10.6 Å². The van der Waals surface area contributed by atoms with Crippen LogP contribution >= 0.6 is 24.0 Å². The Morgan fingerprint density at radius 1 is 1.24 bits per heavy atom. The molecule has 6 nitrogen and oxygen atoms in total. The summed E-state index contributed by atoms with van der Waals surface area (Å²) in [6.45, 7) is 6.35. The maximum Gasteiger partial charge on any atom is 0.269 e. The van der Waals surface area contributed by atoms with Crippen molar-refractivity contribution in [2.45, 2.75) is 33.2 Å². The fourth-order valence-electron chi connectivity index (χ4n) is 1.62. The Bertz CT molecular complexity index is 449. The van der Waals surface area contributed by atoms with Crippen LogP contribution in [0.4, 0.5) is 5.69 Å². The maximum atomic E-state index is 10.6. The highest BCUT2D eigenvalue weighted by Crippen LogP contribution is 2.12. The predicted molar refractivity (Wildman–Crippen MR) is 96.2 cm³/mol. The number of rotatable bonds is 7. The lowest BCUT2D eigenvalue weighted by Gasteiger charge is -2.10. The van der Waals surface area contributed by atoms with E-state index in [2.05, 4.69) is 22.5 Å². The topological polar surface area (TPSA) is 79.6 Å². The number of hydrogen-bond donors (Lipinski definition) is 2. The minimum absolute atomic E-state index is 0. The quantitative estimate of drug-likeness (QED) is 0.182. The Kier molecular flexibility index (Phi) is 10.6. The summed E-state index contributed by atoms with van der Waals surface area (Å²) in [7, 11) is 0. The first-order chi connectivity index (χ1) is 9.67. The van der Waals surface area contributed by atoms with Crippen molar-refractivity contribution >= 4 is 35.6 Å². The van der Waals surface area contributed by atoms with E-state index in [1.165, 1.54) is 12.1 Å². The van der Waals surface area contributed by atoms with Gasteiger partial charge in [0, 0.05) is 25.2 Å². The molecular formula is C14H23IN4O2. The Balaban J connectivity index is 0.00000400. The van der Waals surface area contributed by atoms with Gasteiger partial charge in [-0.25, -0.2) is 4.99 Å². The molecule has 0 saturated carbocycles. The lowest BCUT2D eigenvalue weighted by Crippen LogP contribution is -2.37. The van der Waals surface area contributed by atoms with Crippen molar-refractivity contribution in [1.82, 2.24) is 10.6 Å². The van der Waals surface area contributed by atoms with E-state index in [0.717, 1.165) is 37.5 Å². The number of nitrogens with one attached hydrogen (secondary N) is 2. The van der Waals surface area contributed by atoms with Crippen LogP contribution in [0, 0.1) is 10.1 Å². The second kappa shape index (κ2) is 11.3. The zero-order valence-corrected chi connectivity index (χ0v) is 14.8. The average Bonchev–Trinajstić information content (AvgIpc) is 2.45. The summed E-state index contributed by atoms with van der Waals surface area (Å²) < 4.78 is 0. The van der Waals surface area contributed by atoms with Crippen LogP contribution in [0.3, 0.4) is 0 Å². The molecule has 0 bridgehead atoms. The molecular weight excluding hydrogens is 383 g/mol. The minimum Gasteiger partial charge on any atom is -0.357 e. The van der Waals surface area contributed by atoms with Gasteiger partial charge in [0.15, 0.2) is 5.96 Å². The number of non-ortho nitro benzene ring substituents is 1. The van der Waals surface area contributed by atoms with Crippen LogP contribution in [0.5, 0.6) is 0 Å². The Labute approximate surface area is 142 Å². The van der Waals surface area contributed by atoms with E-state index in [4.69, 9.17) is 0 Å². The van der Waals surface area contributed by atoms with Crippen LogP contribution in [0.2, 0.25) is 0 Å². The van der Waals surface area contributed by atoms with Gasteiger partial charge in [-0.1, -0.05) is 25.5 Å². The summed E-state index contributed by atoms with van der Waals surface area (Å²) >= 11 is 0. The molecule has 0 heterocycles. The van der Waals surface area contributed by atoms with Crippen LogP contribution in [-0.2, 0) is 6.54 Å². The third-order valence-electron chi connectivity index (χ3n) is 2.73. The van der Waals surface area contributed by atoms with E-state index in [1.807, 2.05) is 6.92 Å². The van der Waals surface area contributed by atoms with Crippen molar-refractivity contribution in [1.29, 1.82) is 0 Å². The molecule has 7 heteroatoms. The summed E-state index contributed by atoms with van der Waals surface area (Å²) in [4.78, 5) is 14.6. The van der Waals surface area contributed by atoms with Crippen molar-refractivity contribution in [3.05, 3.63) is 39.9 Å². The third-order valence-corrected chi connectivity index (χ3v) is 2.73. The van der Waals surface area contributed by atoms with Crippen molar-refractivity contribution in [2.24, 2.45) is 4.99 Å². The van der Waals surface area contributed by atoms with Gasteiger partial charge in [-0.2, -0.15) is 0 Å². The van der Waals surface area contributed by atoms with Crippen LogP contribution in [0.25, 0.3) is 0 Å². The lowest BCUT2D eigenvalue weighted by atomic mass is 10.2. The number of benzene rings is 1.